The summed E-state index contributed by atoms with van der Waals surface area (Å²) in [6.45, 7) is 1.68. The number of pyridine rings is 1. The predicted octanol–water partition coefficient (Wildman–Crippen LogP) is 2.34. The summed E-state index contributed by atoms with van der Waals surface area (Å²) >= 11 is 0. The molecule has 6 heteroatoms. The molecule has 0 aliphatic carbocycles. The van der Waals surface area contributed by atoms with E-state index in [4.69, 9.17) is 4.42 Å². The van der Waals surface area contributed by atoms with Gasteiger partial charge in [0.2, 0.25) is 0 Å². The number of phenolic OH excluding ortho intramolecular Hbond substituents is 1. The normalized spacial score (nSPS) is 10.7. The van der Waals surface area contributed by atoms with Crippen molar-refractivity contribution in [1.82, 2.24) is 9.97 Å². The number of rotatable bonds is 2. The molecule has 0 unspecified atom stereocenters. The highest BCUT2D eigenvalue weighted by atomic mass is 16.4. The van der Waals surface area contributed by atoms with Crippen LogP contribution >= 0.6 is 0 Å². The Bertz CT molecular complexity index is 828. The van der Waals surface area contributed by atoms with Crippen molar-refractivity contribution in [3.63, 3.8) is 0 Å². The van der Waals surface area contributed by atoms with Crippen molar-refractivity contribution in [3.05, 3.63) is 52.6 Å². The fraction of sp³-hybridized carbons (Fsp3) is 0.0714. The van der Waals surface area contributed by atoms with E-state index in [0.717, 1.165) is 0 Å². The van der Waals surface area contributed by atoms with Crippen LogP contribution in [0.5, 0.6) is 5.75 Å². The Balaban J connectivity index is 2.14. The number of fused-ring (bicyclic) bond motifs is 1. The minimum Gasteiger partial charge on any atom is -0.508 e. The van der Waals surface area contributed by atoms with E-state index in [2.05, 4.69) is 15.3 Å². The Labute approximate surface area is 113 Å². The fourth-order valence-corrected chi connectivity index (χ4v) is 1.87. The summed E-state index contributed by atoms with van der Waals surface area (Å²) in [5.41, 5.74) is 1.05. The molecule has 0 saturated carbocycles. The third kappa shape index (κ3) is 2.07. The molecular weight excluding hydrogens is 258 g/mol. The van der Waals surface area contributed by atoms with Crippen LogP contribution in [0, 0.1) is 6.92 Å². The van der Waals surface area contributed by atoms with Gasteiger partial charge in [-0.1, -0.05) is 0 Å². The number of phenols is 1. The molecule has 0 amide bonds. The molecule has 0 aliphatic heterocycles. The maximum atomic E-state index is 11.9. The molecule has 2 aromatic heterocycles. The van der Waals surface area contributed by atoms with E-state index in [-0.39, 0.29) is 11.8 Å². The lowest BCUT2D eigenvalue weighted by molar-refractivity contribution is 0.469. The topological polar surface area (TPSA) is 88.2 Å². The van der Waals surface area contributed by atoms with Crippen LogP contribution in [-0.4, -0.2) is 15.1 Å². The maximum absolute atomic E-state index is 11.9. The average molecular weight is 269 g/mol. The summed E-state index contributed by atoms with van der Waals surface area (Å²) in [6, 6.07) is 6.52. The summed E-state index contributed by atoms with van der Waals surface area (Å²) in [6.07, 6.45) is 3.22. The molecule has 1 aromatic carbocycles. The van der Waals surface area contributed by atoms with E-state index in [1.807, 2.05) is 0 Å². The number of hydrogen-bond acceptors (Lipinski definition) is 6. The van der Waals surface area contributed by atoms with Crippen molar-refractivity contribution in [1.29, 1.82) is 0 Å². The summed E-state index contributed by atoms with van der Waals surface area (Å²) in [5, 5.41) is 12.9. The lowest BCUT2D eigenvalue weighted by Gasteiger charge is -2.06. The zero-order valence-corrected chi connectivity index (χ0v) is 10.6. The molecule has 2 N–H and O–H groups in total. The number of benzene rings is 1. The van der Waals surface area contributed by atoms with E-state index in [0.29, 0.717) is 22.2 Å². The van der Waals surface area contributed by atoms with E-state index in [9.17, 15) is 9.90 Å². The van der Waals surface area contributed by atoms with Crippen LogP contribution in [0.2, 0.25) is 0 Å². The molecule has 3 aromatic rings. The standard InChI is InChI=1S/C14H11N3O3/c1-8-11(18)5-4-10-12(8)20-14(17-13(10)19)16-9-3-2-6-15-7-9/h2-7,18H,1H3,(H,16,17,19). The van der Waals surface area contributed by atoms with Crippen LogP contribution in [0.3, 0.4) is 0 Å². The lowest BCUT2D eigenvalue weighted by Crippen LogP contribution is -2.09. The fourth-order valence-electron chi connectivity index (χ4n) is 1.87. The first-order valence-corrected chi connectivity index (χ1v) is 5.95. The quantitative estimate of drug-likeness (QED) is 0.742. The molecule has 0 aliphatic rings. The number of anilines is 2. The summed E-state index contributed by atoms with van der Waals surface area (Å²) in [5.74, 6) is 0.0687. The Morgan fingerprint density at radius 3 is 2.90 bits per heavy atom. The van der Waals surface area contributed by atoms with Crippen molar-refractivity contribution in [2.24, 2.45) is 0 Å². The van der Waals surface area contributed by atoms with Crippen LogP contribution < -0.4 is 10.9 Å². The molecule has 2 heterocycles. The second-order valence-corrected chi connectivity index (χ2v) is 4.28. The molecule has 6 nitrogen and oxygen atoms in total. The Morgan fingerprint density at radius 2 is 2.15 bits per heavy atom. The first-order valence-electron chi connectivity index (χ1n) is 5.95. The molecular formula is C14H11N3O3. The van der Waals surface area contributed by atoms with Crippen molar-refractivity contribution in [3.8, 4) is 5.75 Å². The molecule has 20 heavy (non-hydrogen) atoms. The van der Waals surface area contributed by atoms with E-state index < -0.39 is 5.56 Å². The van der Waals surface area contributed by atoms with Gasteiger partial charge in [0.15, 0.2) is 5.58 Å². The highest BCUT2D eigenvalue weighted by molar-refractivity contribution is 5.81. The van der Waals surface area contributed by atoms with Gasteiger partial charge in [-0.25, -0.2) is 0 Å². The molecule has 0 saturated heterocycles. The van der Waals surface area contributed by atoms with E-state index in [1.54, 1.807) is 31.5 Å². The monoisotopic (exact) mass is 269 g/mol. The highest BCUT2D eigenvalue weighted by Crippen LogP contribution is 2.26. The van der Waals surface area contributed by atoms with Crippen molar-refractivity contribution in [2.45, 2.75) is 6.92 Å². The van der Waals surface area contributed by atoms with Gasteiger partial charge < -0.3 is 14.8 Å². The number of aryl methyl sites for hydroxylation is 1. The molecule has 0 bridgehead atoms. The van der Waals surface area contributed by atoms with Crippen molar-refractivity contribution in [2.75, 3.05) is 5.32 Å². The van der Waals surface area contributed by atoms with Gasteiger partial charge in [-0.05, 0) is 31.2 Å². The Kier molecular flexibility index (Phi) is 2.83. The Hall–Kier alpha value is -2.89. The van der Waals surface area contributed by atoms with Crippen LogP contribution in [0.1, 0.15) is 5.56 Å². The van der Waals surface area contributed by atoms with Gasteiger partial charge in [0.25, 0.3) is 5.56 Å². The zero-order valence-electron chi connectivity index (χ0n) is 10.6. The van der Waals surface area contributed by atoms with Gasteiger partial charge >= 0.3 is 6.01 Å². The SMILES string of the molecule is Cc1c(O)ccc2c(=O)nc(Nc3cccnc3)oc12. The number of nitrogens with one attached hydrogen (secondary N) is 1. The number of nitrogens with zero attached hydrogens (tertiary/aromatic N) is 2. The van der Waals surface area contributed by atoms with Gasteiger partial charge in [-0.15, -0.1) is 0 Å². The van der Waals surface area contributed by atoms with Gasteiger partial charge in [-0.2, -0.15) is 4.98 Å². The largest absolute Gasteiger partial charge is 0.508 e. The van der Waals surface area contributed by atoms with Crippen LogP contribution in [0.15, 0.2) is 45.9 Å². The van der Waals surface area contributed by atoms with Crippen molar-refractivity contribution < 1.29 is 9.52 Å². The van der Waals surface area contributed by atoms with Crippen molar-refractivity contribution >= 4 is 22.7 Å². The van der Waals surface area contributed by atoms with Crippen LogP contribution in [0.25, 0.3) is 11.0 Å². The number of aromatic nitrogens is 2. The second kappa shape index (κ2) is 4.65. The third-order valence-electron chi connectivity index (χ3n) is 2.92. The van der Waals surface area contributed by atoms with E-state index >= 15 is 0 Å². The van der Waals surface area contributed by atoms with Gasteiger partial charge in [0.05, 0.1) is 17.3 Å². The smallest absolute Gasteiger partial charge is 0.303 e. The summed E-state index contributed by atoms with van der Waals surface area (Å²) in [7, 11) is 0. The molecule has 0 spiro atoms. The van der Waals surface area contributed by atoms with Gasteiger partial charge in [-0.3, -0.25) is 9.78 Å². The third-order valence-corrected chi connectivity index (χ3v) is 2.92. The first-order chi connectivity index (χ1) is 9.65. The average Bonchev–Trinajstić information content (AvgIpc) is 2.44. The van der Waals surface area contributed by atoms with Crippen LogP contribution in [-0.2, 0) is 0 Å². The minimum absolute atomic E-state index is 0.0594. The number of hydrogen-bond donors (Lipinski definition) is 2. The summed E-state index contributed by atoms with van der Waals surface area (Å²) in [4.78, 5) is 19.7. The zero-order chi connectivity index (χ0) is 14.1. The second-order valence-electron chi connectivity index (χ2n) is 4.28. The predicted molar refractivity (Wildman–Crippen MR) is 74.2 cm³/mol. The molecule has 0 radical (unpaired) electrons. The summed E-state index contributed by atoms with van der Waals surface area (Å²) < 4.78 is 5.55. The van der Waals surface area contributed by atoms with Gasteiger partial charge in [0, 0.05) is 11.8 Å². The lowest BCUT2D eigenvalue weighted by atomic mass is 10.1. The van der Waals surface area contributed by atoms with Gasteiger partial charge in [0.1, 0.15) is 5.75 Å². The van der Waals surface area contributed by atoms with E-state index in [1.165, 1.54) is 12.1 Å². The molecule has 3 rings (SSSR count). The number of aromatic hydroxyl groups is 1. The van der Waals surface area contributed by atoms with Crippen LogP contribution in [0.4, 0.5) is 11.7 Å². The molecule has 100 valence electrons. The minimum atomic E-state index is -0.416. The first kappa shape index (κ1) is 12.2. The Morgan fingerprint density at radius 1 is 1.30 bits per heavy atom. The highest BCUT2D eigenvalue weighted by Gasteiger charge is 2.11. The molecule has 0 fully saturated rings. The molecule has 0 atom stereocenters. The maximum Gasteiger partial charge on any atom is 0.303 e.